The number of rotatable bonds is 2. The van der Waals surface area contributed by atoms with Crippen LogP contribution in [0.3, 0.4) is 0 Å². The van der Waals surface area contributed by atoms with Crippen LogP contribution in [0, 0.1) is 5.92 Å². The van der Waals surface area contributed by atoms with E-state index in [9.17, 15) is 9.00 Å². The van der Waals surface area contributed by atoms with Gasteiger partial charge in [0.1, 0.15) is 6.61 Å². The Morgan fingerprint density at radius 2 is 1.84 bits per heavy atom. The summed E-state index contributed by atoms with van der Waals surface area (Å²) in [5.41, 5.74) is 0.890. The Morgan fingerprint density at radius 3 is 2.53 bits per heavy atom. The molecule has 0 N–H and O–H groups in total. The quantitative estimate of drug-likeness (QED) is 0.833. The Hall–Kier alpha value is -1.36. The van der Waals surface area contributed by atoms with E-state index in [1.165, 1.54) is 0 Å². The molecule has 0 bridgehead atoms. The lowest BCUT2D eigenvalue weighted by molar-refractivity contribution is 0.175. The van der Waals surface area contributed by atoms with E-state index in [-0.39, 0.29) is 12.1 Å². The fraction of sp³-hybridized carbons (Fsp3) is 0.500. The van der Waals surface area contributed by atoms with Crippen LogP contribution in [0.4, 0.5) is 10.5 Å². The predicted molar refractivity (Wildman–Crippen MR) is 74.7 cm³/mol. The summed E-state index contributed by atoms with van der Waals surface area (Å²) in [4.78, 5) is 13.7. The highest BCUT2D eigenvalue weighted by Crippen LogP contribution is 2.31. The van der Waals surface area contributed by atoms with E-state index in [4.69, 9.17) is 4.74 Å². The summed E-state index contributed by atoms with van der Waals surface area (Å²) in [6, 6.07) is 9.74. The number of hydrogen-bond acceptors (Lipinski definition) is 3. The molecule has 102 valence electrons. The molecule has 3 rings (SSSR count). The Morgan fingerprint density at radius 1 is 1.16 bits per heavy atom. The van der Waals surface area contributed by atoms with E-state index in [1.807, 2.05) is 30.3 Å². The van der Waals surface area contributed by atoms with Crippen LogP contribution in [0.1, 0.15) is 12.8 Å². The molecule has 1 amide bonds. The van der Waals surface area contributed by atoms with Crippen molar-refractivity contribution >= 4 is 22.6 Å². The van der Waals surface area contributed by atoms with Gasteiger partial charge in [0, 0.05) is 28.0 Å². The number of cyclic esters (lactones) is 1. The molecule has 4 nitrogen and oxygen atoms in total. The van der Waals surface area contributed by atoms with Crippen molar-refractivity contribution < 1.29 is 13.7 Å². The van der Waals surface area contributed by atoms with Gasteiger partial charge in [0.2, 0.25) is 0 Å². The van der Waals surface area contributed by atoms with Gasteiger partial charge in [0.15, 0.2) is 0 Å². The van der Waals surface area contributed by atoms with Gasteiger partial charge in [-0.15, -0.1) is 0 Å². The van der Waals surface area contributed by atoms with Crippen molar-refractivity contribution in [2.45, 2.75) is 18.9 Å². The van der Waals surface area contributed by atoms with Crippen LogP contribution in [0.2, 0.25) is 0 Å². The molecular formula is C14H17NO3S. The van der Waals surface area contributed by atoms with Crippen molar-refractivity contribution in [1.29, 1.82) is 0 Å². The Bertz CT molecular complexity index is 481. The van der Waals surface area contributed by atoms with Crippen LogP contribution >= 0.6 is 0 Å². The van der Waals surface area contributed by atoms with E-state index < -0.39 is 10.8 Å². The monoisotopic (exact) mass is 279 g/mol. The fourth-order valence-corrected chi connectivity index (χ4v) is 4.20. The van der Waals surface area contributed by atoms with E-state index in [0.717, 1.165) is 30.0 Å². The average Bonchev–Trinajstić information content (AvgIpc) is 2.82. The lowest BCUT2D eigenvalue weighted by Crippen LogP contribution is -2.41. The summed E-state index contributed by atoms with van der Waals surface area (Å²) in [6.45, 7) is 0.449. The molecule has 1 unspecified atom stereocenters. The van der Waals surface area contributed by atoms with Gasteiger partial charge in [0.05, 0.1) is 6.04 Å². The molecule has 1 aromatic rings. The second-order valence-corrected chi connectivity index (χ2v) is 6.73. The highest BCUT2D eigenvalue weighted by Gasteiger charge is 2.40. The smallest absolute Gasteiger partial charge is 0.414 e. The molecule has 1 atom stereocenters. The lowest BCUT2D eigenvalue weighted by Gasteiger charge is -2.31. The zero-order valence-electron chi connectivity index (χ0n) is 10.7. The Labute approximate surface area is 115 Å². The van der Waals surface area contributed by atoms with E-state index in [0.29, 0.717) is 12.5 Å². The topological polar surface area (TPSA) is 46.6 Å². The number of amides is 1. The largest absolute Gasteiger partial charge is 0.447 e. The van der Waals surface area contributed by atoms with E-state index in [1.54, 1.807) is 4.90 Å². The van der Waals surface area contributed by atoms with Crippen molar-refractivity contribution in [3.63, 3.8) is 0 Å². The zero-order chi connectivity index (χ0) is 13.2. The van der Waals surface area contributed by atoms with Crippen LogP contribution in [-0.2, 0) is 15.5 Å². The number of hydrogen-bond donors (Lipinski definition) is 0. The molecule has 19 heavy (non-hydrogen) atoms. The third-order valence-electron chi connectivity index (χ3n) is 3.92. The second kappa shape index (κ2) is 5.33. The maximum absolute atomic E-state index is 11.9. The number of ether oxygens (including phenoxy) is 1. The number of carbonyl (C=O) groups is 1. The molecule has 1 aromatic carbocycles. The first-order valence-corrected chi connectivity index (χ1v) is 8.10. The van der Waals surface area contributed by atoms with Crippen LogP contribution in [0.5, 0.6) is 0 Å². The van der Waals surface area contributed by atoms with Crippen LogP contribution in [0.15, 0.2) is 30.3 Å². The van der Waals surface area contributed by atoms with Gasteiger partial charge in [-0.25, -0.2) is 4.79 Å². The summed E-state index contributed by atoms with van der Waals surface area (Å²) in [6.07, 6.45) is 1.57. The minimum Gasteiger partial charge on any atom is -0.447 e. The van der Waals surface area contributed by atoms with Gasteiger partial charge in [-0.1, -0.05) is 18.2 Å². The SMILES string of the molecule is O=C1OCC(C2CCS(=O)CC2)N1c1ccccc1. The van der Waals surface area contributed by atoms with Gasteiger partial charge in [0.25, 0.3) is 0 Å². The summed E-state index contributed by atoms with van der Waals surface area (Å²) in [5, 5.41) is 0. The highest BCUT2D eigenvalue weighted by atomic mass is 32.2. The second-order valence-electron chi connectivity index (χ2n) is 5.04. The van der Waals surface area contributed by atoms with Gasteiger partial charge >= 0.3 is 6.09 Å². The molecule has 2 fully saturated rings. The first kappa shape index (κ1) is 12.7. The van der Waals surface area contributed by atoms with Crippen LogP contribution in [-0.4, -0.2) is 34.5 Å². The number of nitrogens with zero attached hydrogens (tertiary/aromatic N) is 1. The summed E-state index contributed by atoms with van der Waals surface area (Å²) < 4.78 is 16.7. The van der Waals surface area contributed by atoms with Crippen LogP contribution in [0.25, 0.3) is 0 Å². The molecule has 2 heterocycles. The predicted octanol–water partition coefficient (Wildman–Crippen LogP) is 2.17. The summed E-state index contributed by atoms with van der Waals surface area (Å²) in [7, 11) is -0.670. The molecule has 2 aliphatic heterocycles. The molecule has 0 radical (unpaired) electrons. The highest BCUT2D eigenvalue weighted by molar-refractivity contribution is 7.85. The van der Waals surface area contributed by atoms with Gasteiger partial charge in [-0.2, -0.15) is 0 Å². The molecule has 2 saturated heterocycles. The summed E-state index contributed by atoms with van der Waals surface area (Å²) >= 11 is 0. The zero-order valence-corrected chi connectivity index (χ0v) is 11.5. The first-order chi connectivity index (χ1) is 9.25. The molecule has 0 aliphatic carbocycles. The van der Waals surface area contributed by atoms with Gasteiger partial charge < -0.3 is 4.74 Å². The minimum absolute atomic E-state index is 0.0900. The fourth-order valence-electron chi connectivity index (χ4n) is 2.87. The van der Waals surface area contributed by atoms with Crippen molar-refractivity contribution in [1.82, 2.24) is 0 Å². The third-order valence-corrected chi connectivity index (χ3v) is 5.30. The van der Waals surface area contributed by atoms with Crippen molar-refractivity contribution in [3.8, 4) is 0 Å². The molecule has 0 aromatic heterocycles. The molecular weight excluding hydrogens is 262 g/mol. The lowest BCUT2D eigenvalue weighted by atomic mass is 9.93. The Balaban J connectivity index is 1.81. The van der Waals surface area contributed by atoms with Crippen LogP contribution < -0.4 is 4.90 Å². The maximum Gasteiger partial charge on any atom is 0.414 e. The number of para-hydroxylation sites is 1. The number of benzene rings is 1. The normalized spacial score (nSPS) is 31.3. The maximum atomic E-state index is 11.9. The average molecular weight is 279 g/mol. The molecule has 0 saturated carbocycles. The molecule has 0 spiro atoms. The van der Waals surface area contributed by atoms with Gasteiger partial charge in [-0.05, 0) is 30.9 Å². The first-order valence-electron chi connectivity index (χ1n) is 6.62. The number of carbonyl (C=O) groups excluding carboxylic acids is 1. The van der Waals surface area contributed by atoms with Crippen molar-refractivity contribution in [2.75, 3.05) is 23.0 Å². The summed E-state index contributed by atoms with van der Waals surface area (Å²) in [5.74, 6) is 1.89. The van der Waals surface area contributed by atoms with Crippen molar-refractivity contribution in [2.24, 2.45) is 5.92 Å². The standard InChI is InChI=1S/C14H17NO3S/c16-14-15(12-4-2-1-3-5-12)13(10-18-14)11-6-8-19(17)9-7-11/h1-5,11,13H,6-10H2. The molecule has 5 heteroatoms. The van der Waals surface area contributed by atoms with Crippen molar-refractivity contribution in [3.05, 3.63) is 30.3 Å². The van der Waals surface area contributed by atoms with E-state index >= 15 is 0 Å². The van der Waals surface area contributed by atoms with E-state index in [2.05, 4.69) is 0 Å². The van der Waals surface area contributed by atoms with Gasteiger partial charge in [-0.3, -0.25) is 9.11 Å². The minimum atomic E-state index is -0.670. The Kier molecular flexibility index (Phi) is 3.55. The number of anilines is 1. The molecule has 2 aliphatic rings. The third kappa shape index (κ3) is 2.52.